The molecule has 4 bridgehead atoms. The fraction of sp³-hybridized carbons (Fsp3) is 0.556. The summed E-state index contributed by atoms with van der Waals surface area (Å²) in [4.78, 5) is 0. The van der Waals surface area contributed by atoms with E-state index < -0.39 is 0 Å². The fourth-order valence-electron chi connectivity index (χ4n) is 5.35. The van der Waals surface area contributed by atoms with Crippen molar-refractivity contribution in [3.63, 3.8) is 0 Å². The van der Waals surface area contributed by atoms with Gasteiger partial charge in [-0.05, 0) is 92.3 Å². The van der Waals surface area contributed by atoms with Crippen LogP contribution in [0.2, 0.25) is 10.0 Å². The van der Waals surface area contributed by atoms with E-state index in [1.54, 1.807) is 12.3 Å². The zero-order valence-electron chi connectivity index (χ0n) is 13.4. The summed E-state index contributed by atoms with van der Waals surface area (Å²) in [5.74, 6) is 2.68. The first-order valence-corrected chi connectivity index (χ1v) is 9.73. The highest BCUT2D eigenvalue weighted by Crippen LogP contribution is 2.55. The van der Waals surface area contributed by atoms with E-state index in [0.29, 0.717) is 15.2 Å². The van der Waals surface area contributed by atoms with E-state index in [4.69, 9.17) is 35.4 Å². The number of nitrogens with zero attached hydrogens (tertiary/aromatic N) is 1. The minimum Gasteiger partial charge on any atom is -0.356 e. The first-order valence-electron chi connectivity index (χ1n) is 8.57. The third-order valence-corrected chi connectivity index (χ3v) is 6.31. The Kier molecular flexibility index (Phi) is 4.48. The third-order valence-electron chi connectivity index (χ3n) is 5.68. The van der Waals surface area contributed by atoms with Gasteiger partial charge in [-0.25, -0.2) is 0 Å². The van der Waals surface area contributed by atoms with Crippen molar-refractivity contribution in [3.05, 3.63) is 33.8 Å². The highest BCUT2D eigenvalue weighted by atomic mass is 35.5. The molecule has 0 spiro atoms. The molecule has 128 valence electrons. The smallest absolute Gasteiger partial charge is 0.187 e. The second-order valence-corrected chi connectivity index (χ2v) is 9.01. The summed E-state index contributed by atoms with van der Waals surface area (Å²) in [6.45, 7) is 0. The SMILES string of the molecule is S=C(N/N=C/c1cc(Cl)cc(Cl)c1)NC12CC3CC(CC(C3)C1)C2. The summed E-state index contributed by atoms with van der Waals surface area (Å²) in [6.07, 6.45) is 9.74. The maximum atomic E-state index is 5.99. The van der Waals surface area contributed by atoms with E-state index in [2.05, 4.69) is 15.8 Å². The monoisotopic (exact) mass is 381 g/mol. The fourth-order valence-corrected chi connectivity index (χ4v) is 6.16. The highest BCUT2D eigenvalue weighted by molar-refractivity contribution is 7.80. The molecule has 0 atom stereocenters. The minimum absolute atomic E-state index is 0.202. The van der Waals surface area contributed by atoms with Gasteiger partial charge in [0.2, 0.25) is 0 Å². The molecule has 1 aromatic rings. The van der Waals surface area contributed by atoms with E-state index in [1.165, 1.54) is 38.5 Å². The van der Waals surface area contributed by atoms with E-state index in [9.17, 15) is 0 Å². The molecule has 0 amide bonds. The number of nitrogens with one attached hydrogen (secondary N) is 2. The molecular weight excluding hydrogens is 361 g/mol. The molecule has 0 radical (unpaired) electrons. The maximum absolute atomic E-state index is 5.99. The lowest BCUT2D eigenvalue weighted by atomic mass is 9.53. The number of hydrogen-bond acceptors (Lipinski definition) is 2. The average molecular weight is 382 g/mol. The van der Waals surface area contributed by atoms with Gasteiger partial charge in [0.05, 0.1) is 6.21 Å². The van der Waals surface area contributed by atoms with Crippen LogP contribution in [0.25, 0.3) is 0 Å². The molecule has 4 aliphatic rings. The van der Waals surface area contributed by atoms with Crippen molar-refractivity contribution in [3.8, 4) is 0 Å². The summed E-state index contributed by atoms with van der Waals surface area (Å²) >= 11 is 17.4. The topological polar surface area (TPSA) is 36.4 Å². The first-order chi connectivity index (χ1) is 11.5. The lowest BCUT2D eigenvalue weighted by Gasteiger charge is -2.57. The Morgan fingerprint density at radius 2 is 1.58 bits per heavy atom. The van der Waals surface area contributed by atoms with Crippen molar-refractivity contribution >= 4 is 46.7 Å². The molecule has 0 saturated heterocycles. The molecule has 24 heavy (non-hydrogen) atoms. The van der Waals surface area contributed by atoms with Gasteiger partial charge in [-0.1, -0.05) is 23.2 Å². The van der Waals surface area contributed by atoms with Gasteiger partial charge < -0.3 is 5.32 Å². The Labute approximate surface area is 158 Å². The Hall–Kier alpha value is -0.840. The van der Waals surface area contributed by atoms with Crippen LogP contribution >= 0.6 is 35.4 Å². The van der Waals surface area contributed by atoms with Crippen LogP contribution in [0.4, 0.5) is 0 Å². The molecule has 5 rings (SSSR count). The van der Waals surface area contributed by atoms with Gasteiger partial charge in [0, 0.05) is 15.6 Å². The number of hydrogen-bond donors (Lipinski definition) is 2. The van der Waals surface area contributed by atoms with Crippen molar-refractivity contribution < 1.29 is 0 Å². The van der Waals surface area contributed by atoms with E-state index >= 15 is 0 Å². The number of benzene rings is 1. The third kappa shape index (κ3) is 3.56. The number of rotatable bonds is 3. The van der Waals surface area contributed by atoms with Crippen LogP contribution in [0, 0.1) is 17.8 Å². The molecule has 0 aromatic heterocycles. The van der Waals surface area contributed by atoms with Crippen molar-refractivity contribution in [1.29, 1.82) is 0 Å². The first kappa shape index (κ1) is 16.6. The van der Waals surface area contributed by atoms with Gasteiger partial charge in [-0.15, -0.1) is 0 Å². The second kappa shape index (κ2) is 6.47. The Morgan fingerprint density at radius 1 is 1.04 bits per heavy atom. The molecule has 0 unspecified atom stereocenters. The normalized spacial score (nSPS) is 33.8. The predicted octanol–water partition coefficient (Wildman–Crippen LogP) is 4.76. The summed E-state index contributed by atoms with van der Waals surface area (Å²) in [5.41, 5.74) is 4.00. The average Bonchev–Trinajstić information content (AvgIpc) is 2.43. The van der Waals surface area contributed by atoms with Gasteiger partial charge in [0.25, 0.3) is 0 Å². The second-order valence-electron chi connectivity index (χ2n) is 7.72. The Bertz CT molecular complexity index is 633. The highest BCUT2D eigenvalue weighted by Gasteiger charge is 2.51. The largest absolute Gasteiger partial charge is 0.356 e. The summed E-state index contributed by atoms with van der Waals surface area (Å²) in [6, 6.07) is 5.33. The van der Waals surface area contributed by atoms with Crippen molar-refractivity contribution in [2.24, 2.45) is 22.9 Å². The van der Waals surface area contributed by atoms with E-state index in [0.717, 1.165) is 23.3 Å². The molecule has 4 saturated carbocycles. The molecule has 3 nitrogen and oxygen atoms in total. The van der Waals surface area contributed by atoms with Crippen LogP contribution in [0.15, 0.2) is 23.3 Å². The Balaban J connectivity index is 1.36. The Morgan fingerprint density at radius 3 is 2.12 bits per heavy atom. The van der Waals surface area contributed by atoms with Crippen molar-refractivity contribution in [2.75, 3.05) is 0 Å². The molecule has 0 heterocycles. The van der Waals surface area contributed by atoms with Crippen LogP contribution in [-0.4, -0.2) is 16.9 Å². The number of thiocarbonyl (C=S) groups is 1. The summed E-state index contributed by atoms with van der Waals surface area (Å²) in [7, 11) is 0. The molecule has 4 fully saturated rings. The number of halogens is 2. The maximum Gasteiger partial charge on any atom is 0.187 e. The van der Waals surface area contributed by atoms with Gasteiger partial charge in [-0.2, -0.15) is 5.10 Å². The summed E-state index contributed by atoms with van der Waals surface area (Å²) < 4.78 is 0. The zero-order valence-corrected chi connectivity index (χ0v) is 15.7. The van der Waals surface area contributed by atoms with Gasteiger partial charge in [0.15, 0.2) is 5.11 Å². The molecule has 2 N–H and O–H groups in total. The van der Waals surface area contributed by atoms with Crippen molar-refractivity contribution in [1.82, 2.24) is 10.7 Å². The molecule has 0 aliphatic heterocycles. The number of hydrazone groups is 1. The van der Waals surface area contributed by atoms with Crippen molar-refractivity contribution in [2.45, 2.75) is 44.1 Å². The van der Waals surface area contributed by atoms with Gasteiger partial charge in [-0.3, -0.25) is 5.43 Å². The molecule has 4 aliphatic carbocycles. The lowest BCUT2D eigenvalue weighted by molar-refractivity contribution is -0.0101. The van der Waals surface area contributed by atoms with Crippen LogP contribution in [0.3, 0.4) is 0 Å². The summed E-state index contributed by atoms with van der Waals surface area (Å²) in [5, 5.41) is 9.62. The van der Waals surface area contributed by atoms with Crippen LogP contribution in [0.1, 0.15) is 44.1 Å². The van der Waals surface area contributed by atoms with Crippen LogP contribution < -0.4 is 10.7 Å². The predicted molar refractivity (Wildman–Crippen MR) is 104 cm³/mol. The van der Waals surface area contributed by atoms with Gasteiger partial charge in [0.1, 0.15) is 0 Å². The van der Waals surface area contributed by atoms with E-state index in [1.807, 2.05) is 12.1 Å². The lowest BCUT2D eigenvalue weighted by Crippen LogP contribution is -2.61. The quantitative estimate of drug-likeness (QED) is 0.450. The van der Waals surface area contributed by atoms with E-state index in [-0.39, 0.29) is 5.54 Å². The molecular formula is C18H21Cl2N3S. The molecule has 1 aromatic carbocycles. The standard InChI is InChI=1S/C18H21Cl2N3S/c19-15-4-14(5-16(20)6-15)10-21-23-17(24)22-18-7-11-1-12(8-18)3-13(2-11)9-18/h4-6,10-13H,1-3,7-9H2,(H2,22,23,24)/b21-10+. The van der Waals surface area contributed by atoms with Crippen LogP contribution in [-0.2, 0) is 0 Å². The van der Waals surface area contributed by atoms with Crippen LogP contribution in [0.5, 0.6) is 0 Å². The molecule has 6 heteroatoms. The minimum atomic E-state index is 0.202. The van der Waals surface area contributed by atoms with Gasteiger partial charge >= 0.3 is 0 Å². The zero-order chi connectivity index (χ0) is 16.7.